The molecule has 0 aliphatic rings. The van der Waals surface area contributed by atoms with Crippen LogP contribution in [0.5, 0.6) is 0 Å². The molecule has 1 rings (SSSR count). The molecule has 0 bridgehead atoms. The van der Waals surface area contributed by atoms with Crippen molar-refractivity contribution in [2.24, 2.45) is 0 Å². The molecule has 0 aliphatic heterocycles. The van der Waals surface area contributed by atoms with E-state index in [1.165, 1.54) is 0 Å². The van der Waals surface area contributed by atoms with Crippen LogP contribution in [0.2, 0.25) is 0 Å². The van der Waals surface area contributed by atoms with Gasteiger partial charge in [0.05, 0.1) is 6.04 Å². The van der Waals surface area contributed by atoms with E-state index in [0.29, 0.717) is 17.2 Å². The van der Waals surface area contributed by atoms with Gasteiger partial charge in [-0.2, -0.15) is 10.4 Å². The molecular weight excluding hydrogens is 214 g/mol. The Labute approximate surface area is 103 Å². The maximum absolute atomic E-state index is 9.17. The van der Waals surface area contributed by atoms with E-state index in [1.54, 1.807) is 4.68 Å². The van der Waals surface area contributed by atoms with E-state index >= 15 is 0 Å². The van der Waals surface area contributed by atoms with Crippen molar-refractivity contribution in [1.29, 1.82) is 5.26 Å². The fourth-order valence-electron chi connectivity index (χ4n) is 1.87. The van der Waals surface area contributed by atoms with Crippen molar-refractivity contribution in [2.45, 2.75) is 39.7 Å². The van der Waals surface area contributed by atoms with Crippen molar-refractivity contribution < 1.29 is 0 Å². The minimum Gasteiger partial charge on any atom is -0.383 e. The molecule has 1 heterocycles. The number of rotatable bonds is 5. The molecule has 0 aliphatic carbocycles. The van der Waals surface area contributed by atoms with Gasteiger partial charge in [0, 0.05) is 13.6 Å². The second-order valence-electron chi connectivity index (χ2n) is 4.12. The molecule has 94 valence electrons. The van der Waals surface area contributed by atoms with Gasteiger partial charge in [0.2, 0.25) is 0 Å². The van der Waals surface area contributed by atoms with Crippen LogP contribution in [-0.2, 0) is 0 Å². The van der Waals surface area contributed by atoms with Crippen LogP contribution in [0, 0.1) is 11.3 Å². The SMILES string of the molecule is CCC(CC)n1nc(N(C)CC)c(C#N)c1N. The molecule has 0 saturated heterocycles. The Balaban J connectivity index is 3.27. The third-order valence-corrected chi connectivity index (χ3v) is 3.17. The van der Waals surface area contributed by atoms with Crippen LogP contribution in [0.4, 0.5) is 11.6 Å². The van der Waals surface area contributed by atoms with E-state index in [-0.39, 0.29) is 6.04 Å². The van der Waals surface area contributed by atoms with Crippen LogP contribution < -0.4 is 10.6 Å². The van der Waals surface area contributed by atoms with Gasteiger partial charge < -0.3 is 10.6 Å². The molecule has 1 aromatic heterocycles. The lowest BCUT2D eigenvalue weighted by Crippen LogP contribution is -2.18. The minimum absolute atomic E-state index is 0.265. The summed E-state index contributed by atoms with van der Waals surface area (Å²) in [5.74, 6) is 1.16. The molecule has 2 N–H and O–H groups in total. The highest BCUT2D eigenvalue weighted by Gasteiger charge is 2.21. The van der Waals surface area contributed by atoms with E-state index in [1.807, 2.05) is 18.9 Å². The lowest BCUT2D eigenvalue weighted by Gasteiger charge is -2.15. The van der Waals surface area contributed by atoms with Crippen molar-refractivity contribution in [3.8, 4) is 6.07 Å². The zero-order valence-electron chi connectivity index (χ0n) is 11.1. The second kappa shape index (κ2) is 5.58. The smallest absolute Gasteiger partial charge is 0.170 e. The molecule has 1 aromatic rings. The van der Waals surface area contributed by atoms with Crippen molar-refractivity contribution in [3.05, 3.63) is 5.56 Å². The van der Waals surface area contributed by atoms with E-state index < -0.39 is 0 Å². The zero-order valence-corrected chi connectivity index (χ0v) is 11.1. The van der Waals surface area contributed by atoms with Crippen molar-refractivity contribution >= 4 is 11.6 Å². The number of nitrogens with two attached hydrogens (primary N) is 1. The van der Waals surface area contributed by atoms with E-state index in [9.17, 15) is 5.26 Å². The molecule has 0 amide bonds. The summed E-state index contributed by atoms with van der Waals surface area (Å²) in [6.07, 6.45) is 1.92. The molecule has 5 nitrogen and oxygen atoms in total. The normalized spacial score (nSPS) is 10.6. The maximum Gasteiger partial charge on any atom is 0.170 e. The number of anilines is 2. The van der Waals surface area contributed by atoms with E-state index in [2.05, 4.69) is 25.0 Å². The molecular formula is C12H21N5. The van der Waals surface area contributed by atoms with Gasteiger partial charge >= 0.3 is 0 Å². The average Bonchev–Trinajstić information content (AvgIpc) is 2.67. The minimum atomic E-state index is 0.265. The van der Waals surface area contributed by atoms with Crippen LogP contribution >= 0.6 is 0 Å². The number of nitrogens with zero attached hydrogens (tertiary/aromatic N) is 4. The first kappa shape index (κ1) is 13.4. The maximum atomic E-state index is 9.17. The van der Waals surface area contributed by atoms with Gasteiger partial charge in [-0.25, -0.2) is 4.68 Å². The topological polar surface area (TPSA) is 70.9 Å². The molecule has 17 heavy (non-hydrogen) atoms. The van der Waals surface area contributed by atoms with Gasteiger partial charge in [-0.15, -0.1) is 0 Å². The quantitative estimate of drug-likeness (QED) is 0.849. The number of nitriles is 1. The summed E-state index contributed by atoms with van der Waals surface area (Å²) in [6, 6.07) is 2.42. The van der Waals surface area contributed by atoms with Crippen molar-refractivity contribution in [3.63, 3.8) is 0 Å². The van der Waals surface area contributed by atoms with Gasteiger partial charge in [-0.3, -0.25) is 0 Å². The largest absolute Gasteiger partial charge is 0.383 e. The van der Waals surface area contributed by atoms with Crippen LogP contribution in [-0.4, -0.2) is 23.4 Å². The second-order valence-corrected chi connectivity index (χ2v) is 4.12. The molecule has 0 atom stereocenters. The third-order valence-electron chi connectivity index (χ3n) is 3.17. The Morgan fingerprint density at radius 3 is 2.41 bits per heavy atom. The molecule has 0 fully saturated rings. The van der Waals surface area contributed by atoms with Crippen molar-refractivity contribution in [2.75, 3.05) is 24.2 Å². The van der Waals surface area contributed by atoms with Gasteiger partial charge in [0.1, 0.15) is 17.5 Å². The van der Waals surface area contributed by atoms with Crippen LogP contribution in [0.15, 0.2) is 0 Å². The summed E-state index contributed by atoms with van der Waals surface area (Å²) in [5, 5.41) is 13.7. The molecule has 0 radical (unpaired) electrons. The lowest BCUT2D eigenvalue weighted by atomic mass is 10.2. The highest BCUT2D eigenvalue weighted by atomic mass is 15.4. The Morgan fingerprint density at radius 2 is 2.00 bits per heavy atom. The van der Waals surface area contributed by atoms with Crippen LogP contribution in [0.25, 0.3) is 0 Å². The Morgan fingerprint density at radius 1 is 1.41 bits per heavy atom. The molecule has 0 unspecified atom stereocenters. The number of nitrogen functional groups attached to an aromatic ring is 1. The van der Waals surface area contributed by atoms with E-state index in [4.69, 9.17) is 5.73 Å². The Bertz CT molecular complexity index is 411. The standard InChI is InChI=1S/C12H21N5/c1-5-9(6-2)17-11(14)10(8-13)12(15-17)16(4)7-3/h9H,5-7,14H2,1-4H3. The summed E-state index contributed by atoms with van der Waals surface area (Å²) < 4.78 is 1.79. The average molecular weight is 235 g/mol. The molecule has 0 saturated carbocycles. The Kier molecular flexibility index (Phi) is 4.38. The van der Waals surface area contributed by atoms with Gasteiger partial charge in [-0.05, 0) is 19.8 Å². The van der Waals surface area contributed by atoms with E-state index in [0.717, 1.165) is 19.4 Å². The van der Waals surface area contributed by atoms with Gasteiger partial charge in [0.15, 0.2) is 5.82 Å². The molecule has 5 heteroatoms. The van der Waals surface area contributed by atoms with Crippen molar-refractivity contribution in [1.82, 2.24) is 9.78 Å². The fraction of sp³-hybridized carbons (Fsp3) is 0.667. The molecule has 0 aromatic carbocycles. The zero-order chi connectivity index (χ0) is 13.0. The number of hydrogen-bond donors (Lipinski definition) is 1. The summed E-state index contributed by atoms with van der Waals surface area (Å²) in [6.45, 7) is 7.02. The predicted molar refractivity (Wildman–Crippen MR) is 69.9 cm³/mol. The first-order valence-electron chi connectivity index (χ1n) is 6.09. The van der Waals surface area contributed by atoms with Gasteiger partial charge in [0.25, 0.3) is 0 Å². The summed E-state index contributed by atoms with van der Waals surface area (Å²) in [7, 11) is 1.92. The predicted octanol–water partition coefficient (Wildman–Crippen LogP) is 2.15. The first-order chi connectivity index (χ1) is 8.10. The summed E-state index contributed by atoms with van der Waals surface area (Å²) in [5.41, 5.74) is 6.50. The number of aromatic nitrogens is 2. The fourth-order valence-corrected chi connectivity index (χ4v) is 1.87. The van der Waals surface area contributed by atoms with Crippen LogP contribution in [0.3, 0.4) is 0 Å². The third kappa shape index (κ3) is 2.36. The van der Waals surface area contributed by atoms with Crippen LogP contribution in [0.1, 0.15) is 45.2 Å². The lowest BCUT2D eigenvalue weighted by molar-refractivity contribution is 0.434. The van der Waals surface area contributed by atoms with Gasteiger partial charge in [-0.1, -0.05) is 13.8 Å². The monoisotopic (exact) mass is 235 g/mol. The first-order valence-corrected chi connectivity index (χ1v) is 6.09. The summed E-state index contributed by atoms with van der Waals surface area (Å²) in [4.78, 5) is 1.94. The highest BCUT2D eigenvalue weighted by Crippen LogP contribution is 2.28. The number of hydrogen-bond acceptors (Lipinski definition) is 4. The summed E-state index contributed by atoms with van der Waals surface area (Å²) >= 11 is 0. The molecule has 0 spiro atoms. The Hall–Kier alpha value is -1.70. The highest BCUT2D eigenvalue weighted by molar-refractivity contribution is 5.64.